The molecule has 0 saturated heterocycles. The first-order chi connectivity index (χ1) is 10.7. The summed E-state index contributed by atoms with van der Waals surface area (Å²) in [6.45, 7) is 5.14. The van der Waals surface area contributed by atoms with Gasteiger partial charge in [0.15, 0.2) is 5.69 Å². The summed E-state index contributed by atoms with van der Waals surface area (Å²) in [5, 5.41) is 11.0. The van der Waals surface area contributed by atoms with Crippen molar-refractivity contribution in [3.63, 3.8) is 0 Å². The molecule has 2 heterocycles. The molecule has 0 bridgehead atoms. The van der Waals surface area contributed by atoms with Gasteiger partial charge in [-0.2, -0.15) is 5.10 Å². The lowest BCUT2D eigenvalue weighted by atomic mass is 10.2. The first kappa shape index (κ1) is 14.4. The van der Waals surface area contributed by atoms with Crippen molar-refractivity contribution in [2.24, 2.45) is 0 Å². The van der Waals surface area contributed by atoms with E-state index in [1.807, 2.05) is 24.3 Å². The van der Waals surface area contributed by atoms with Crippen LogP contribution in [0.1, 0.15) is 36.5 Å². The summed E-state index contributed by atoms with van der Waals surface area (Å²) in [5.41, 5.74) is 3.37. The number of anilines is 1. The van der Waals surface area contributed by atoms with Crippen molar-refractivity contribution in [1.29, 1.82) is 0 Å². The van der Waals surface area contributed by atoms with E-state index in [4.69, 9.17) is 0 Å². The summed E-state index contributed by atoms with van der Waals surface area (Å²) in [4.78, 5) is 12.2. The molecule has 0 fully saturated rings. The van der Waals surface area contributed by atoms with Crippen molar-refractivity contribution in [3.05, 3.63) is 47.9 Å². The van der Waals surface area contributed by atoms with Crippen LogP contribution in [0.5, 0.6) is 0 Å². The summed E-state index contributed by atoms with van der Waals surface area (Å²) in [5.74, 6) is -0.187. The number of nitrogens with zero attached hydrogens (tertiary/aromatic N) is 2. The predicted octanol–water partition coefficient (Wildman–Crippen LogP) is 3.59. The Kier molecular flexibility index (Phi) is 3.96. The molecular formula is C17H20N4O. The van der Waals surface area contributed by atoms with Gasteiger partial charge in [-0.1, -0.05) is 13.3 Å². The first-order valence-electron chi connectivity index (χ1n) is 7.65. The zero-order valence-electron chi connectivity index (χ0n) is 12.9. The molecule has 0 aliphatic heterocycles. The van der Waals surface area contributed by atoms with Gasteiger partial charge in [-0.3, -0.25) is 9.89 Å². The molecule has 0 saturated carbocycles. The lowest BCUT2D eigenvalue weighted by Crippen LogP contribution is -2.12. The zero-order valence-corrected chi connectivity index (χ0v) is 12.9. The number of hydrogen-bond donors (Lipinski definition) is 2. The fraction of sp³-hybridized carbons (Fsp3) is 0.294. The average Bonchev–Trinajstić information content (AvgIpc) is 3.13. The maximum atomic E-state index is 12.2. The van der Waals surface area contributed by atoms with E-state index in [2.05, 4.69) is 46.2 Å². The smallest absolute Gasteiger partial charge is 0.276 e. The zero-order chi connectivity index (χ0) is 15.5. The lowest BCUT2D eigenvalue weighted by Gasteiger charge is -2.05. The number of benzene rings is 1. The van der Waals surface area contributed by atoms with Crippen LogP contribution in [0.25, 0.3) is 10.9 Å². The van der Waals surface area contributed by atoms with Gasteiger partial charge >= 0.3 is 0 Å². The molecule has 0 atom stereocenters. The van der Waals surface area contributed by atoms with Crippen LogP contribution in [0.3, 0.4) is 0 Å². The number of aryl methyl sites for hydroxylation is 2. The molecule has 0 aliphatic rings. The second-order valence-corrected chi connectivity index (χ2v) is 5.36. The lowest BCUT2D eigenvalue weighted by molar-refractivity contribution is 0.102. The molecule has 1 aromatic carbocycles. The summed E-state index contributed by atoms with van der Waals surface area (Å²) in [6.07, 6.45) is 3.98. The van der Waals surface area contributed by atoms with E-state index in [1.165, 1.54) is 5.52 Å². The number of nitrogens with one attached hydrogen (secondary N) is 2. The van der Waals surface area contributed by atoms with E-state index in [1.54, 1.807) is 0 Å². The van der Waals surface area contributed by atoms with Crippen LogP contribution in [0.15, 0.2) is 36.5 Å². The molecule has 0 aliphatic carbocycles. The Morgan fingerprint density at radius 3 is 2.91 bits per heavy atom. The number of aromatic amines is 1. The van der Waals surface area contributed by atoms with Crippen LogP contribution in [0, 0.1) is 0 Å². The van der Waals surface area contributed by atoms with E-state index < -0.39 is 0 Å². The Morgan fingerprint density at radius 2 is 2.14 bits per heavy atom. The molecule has 5 nitrogen and oxygen atoms in total. The topological polar surface area (TPSA) is 62.7 Å². The fourth-order valence-electron chi connectivity index (χ4n) is 2.62. The molecular weight excluding hydrogens is 276 g/mol. The van der Waals surface area contributed by atoms with Gasteiger partial charge < -0.3 is 9.88 Å². The molecule has 0 radical (unpaired) electrons. The monoisotopic (exact) mass is 296 g/mol. The van der Waals surface area contributed by atoms with Crippen molar-refractivity contribution < 1.29 is 4.79 Å². The minimum atomic E-state index is -0.187. The van der Waals surface area contributed by atoms with Crippen molar-refractivity contribution in [3.8, 4) is 0 Å². The molecule has 114 valence electrons. The molecule has 1 amide bonds. The van der Waals surface area contributed by atoms with Gasteiger partial charge in [0.1, 0.15) is 0 Å². The highest BCUT2D eigenvalue weighted by molar-refractivity contribution is 6.03. The van der Waals surface area contributed by atoms with Crippen LogP contribution in [-0.2, 0) is 13.0 Å². The van der Waals surface area contributed by atoms with Gasteiger partial charge in [0.25, 0.3) is 5.91 Å². The number of aromatic nitrogens is 3. The third kappa shape index (κ3) is 2.74. The van der Waals surface area contributed by atoms with Crippen LogP contribution in [-0.4, -0.2) is 20.7 Å². The highest BCUT2D eigenvalue weighted by atomic mass is 16.1. The number of carbonyl (C=O) groups excluding carboxylic acids is 1. The molecule has 5 heteroatoms. The van der Waals surface area contributed by atoms with E-state index in [9.17, 15) is 4.79 Å². The molecule has 3 aromatic rings. The van der Waals surface area contributed by atoms with Crippen molar-refractivity contribution in [2.75, 3.05) is 5.32 Å². The molecule has 0 unspecified atom stereocenters. The van der Waals surface area contributed by atoms with Crippen LogP contribution in [0.4, 0.5) is 5.69 Å². The molecule has 0 spiro atoms. The first-order valence-corrected chi connectivity index (χ1v) is 7.65. The quantitative estimate of drug-likeness (QED) is 0.755. The number of fused-ring (bicyclic) bond motifs is 1. The molecule has 2 aromatic heterocycles. The summed E-state index contributed by atoms with van der Waals surface area (Å²) in [6, 6.07) is 9.81. The number of rotatable bonds is 5. The molecule has 2 N–H and O–H groups in total. The van der Waals surface area contributed by atoms with Crippen molar-refractivity contribution in [1.82, 2.24) is 14.8 Å². The Labute approximate surface area is 129 Å². The van der Waals surface area contributed by atoms with Crippen LogP contribution >= 0.6 is 0 Å². The normalized spacial score (nSPS) is 11.0. The van der Waals surface area contributed by atoms with Gasteiger partial charge in [-0.05, 0) is 43.7 Å². The Hall–Kier alpha value is -2.56. The van der Waals surface area contributed by atoms with Gasteiger partial charge in [0, 0.05) is 35.0 Å². The van der Waals surface area contributed by atoms with Gasteiger partial charge in [-0.25, -0.2) is 0 Å². The van der Waals surface area contributed by atoms with Gasteiger partial charge in [0.05, 0.1) is 0 Å². The Morgan fingerprint density at radius 1 is 1.27 bits per heavy atom. The Bertz CT molecular complexity index is 800. The second-order valence-electron chi connectivity index (χ2n) is 5.36. The van der Waals surface area contributed by atoms with E-state index >= 15 is 0 Å². The Balaban J connectivity index is 1.78. The maximum Gasteiger partial charge on any atom is 0.276 e. The van der Waals surface area contributed by atoms with Gasteiger partial charge in [-0.15, -0.1) is 0 Å². The average molecular weight is 296 g/mol. The largest absolute Gasteiger partial charge is 0.348 e. The van der Waals surface area contributed by atoms with Gasteiger partial charge in [0.2, 0.25) is 0 Å². The third-order valence-electron chi connectivity index (χ3n) is 3.75. The highest BCUT2D eigenvalue weighted by Crippen LogP contribution is 2.21. The minimum Gasteiger partial charge on any atom is -0.348 e. The van der Waals surface area contributed by atoms with E-state index in [0.717, 1.165) is 36.2 Å². The second kappa shape index (κ2) is 6.05. The summed E-state index contributed by atoms with van der Waals surface area (Å²) >= 11 is 0. The SMILES string of the molecule is CCCc1cc(C(=O)Nc2ccc3c(ccn3CC)c2)n[nH]1. The standard InChI is InChI=1S/C17H20N4O/c1-3-5-14-11-15(20-19-14)17(22)18-13-6-7-16-12(10-13)8-9-21(16)4-2/h6-11H,3-5H2,1-2H3,(H,18,22)(H,19,20). The van der Waals surface area contributed by atoms with Crippen molar-refractivity contribution >= 4 is 22.5 Å². The number of H-pyrrole nitrogens is 1. The van der Waals surface area contributed by atoms with E-state index in [-0.39, 0.29) is 5.91 Å². The highest BCUT2D eigenvalue weighted by Gasteiger charge is 2.11. The molecule has 22 heavy (non-hydrogen) atoms. The number of amides is 1. The maximum absolute atomic E-state index is 12.2. The summed E-state index contributed by atoms with van der Waals surface area (Å²) < 4.78 is 2.17. The number of hydrogen-bond acceptors (Lipinski definition) is 2. The fourth-order valence-corrected chi connectivity index (χ4v) is 2.62. The molecule has 3 rings (SSSR count). The third-order valence-corrected chi connectivity index (χ3v) is 3.75. The minimum absolute atomic E-state index is 0.187. The summed E-state index contributed by atoms with van der Waals surface area (Å²) in [7, 11) is 0. The van der Waals surface area contributed by atoms with Crippen molar-refractivity contribution in [2.45, 2.75) is 33.2 Å². The predicted molar refractivity (Wildman–Crippen MR) is 88.1 cm³/mol. The number of carbonyl (C=O) groups is 1. The van der Waals surface area contributed by atoms with Crippen LogP contribution in [0.2, 0.25) is 0 Å². The van der Waals surface area contributed by atoms with E-state index in [0.29, 0.717) is 5.69 Å². The van der Waals surface area contributed by atoms with Crippen LogP contribution < -0.4 is 5.32 Å².